The fourth-order valence-electron chi connectivity index (χ4n) is 2.82. The van der Waals surface area contributed by atoms with Crippen LogP contribution >= 0.6 is 0 Å². The van der Waals surface area contributed by atoms with E-state index in [-0.39, 0.29) is 0 Å². The minimum atomic E-state index is 0.529. The van der Waals surface area contributed by atoms with Crippen molar-refractivity contribution < 1.29 is 0 Å². The molecule has 2 aromatic heterocycles. The smallest absolute Gasteiger partial charge is 0.110 e. The molecule has 5 heteroatoms. The fraction of sp³-hybridized carbons (Fsp3) is 0.571. The summed E-state index contributed by atoms with van der Waals surface area (Å²) < 4.78 is 0. The number of hydrogen-bond donors (Lipinski definition) is 2. The highest BCUT2D eigenvalue weighted by Gasteiger charge is 2.24. The number of aromatic amines is 2. The van der Waals surface area contributed by atoms with Gasteiger partial charge in [0.15, 0.2) is 0 Å². The van der Waals surface area contributed by atoms with Gasteiger partial charge in [0.05, 0.1) is 12.0 Å². The van der Waals surface area contributed by atoms with Gasteiger partial charge in [0, 0.05) is 36.6 Å². The Bertz CT molecular complexity index is 542. The Morgan fingerprint density at radius 1 is 1.37 bits per heavy atom. The van der Waals surface area contributed by atoms with Crippen molar-refractivity contribution in [3.05, 3.63) is 35.4 Å². The first kappa shape index (κ1) is 12.4. The van der Waals surface area contributed by atoms with E-state index in [9.17, 15) is 0 Å². The van der Waals surface area contributed by atoms with Crippen molar-refractivity contribution in [2.24, 2.45) is 0 Å². The molecule has 19 heavy (non-hydrogen) atoms. The van der Waals surface area contributed by atoms with Gasteiger partial charge in [0.25, 0.3) is 0 Å². The molecule has 102 valence electrons. The molecule has 1 fully saturated rings. The fourth-order valence-corrected chi connectivity index (χ4v) is 2.82. The molecule has 0 aromatic carbocycles. The van der Waals surface area contributed by atoms with Crippen molar-refractivity contribution >= 4 is 0 Å². The van der Waals surface area contributed by atoms with Crippen LogP contribution < -0.4 is 0 Å². The van der Waals surface area contributed by atoms with Crippen molar-refractivity contribution in [2.75, 3.05) is 13.1 Å². The van der Waals surface area contributed by atoms with Crippen LogP contribution in [0.15, 0.2) is 12.5 Å². The average molecular weight is 259 g/mol. The molecule has 3 rings (SSSR count). The Balaban J connectivity index is 1.66. The molecule has 1 saturated heterocycles. The summed E-state index contributed by atoms with van der Waals surface area (Å²) in [6, 6.07) is 0. The van der Waals surface area contributed by atoms with Crippen molar-refractivity contribution in [1.82, 2.24) is 24.8 Å². The van der Waals surface area contributed by atoms with E-state index in [0.717, 1.165) is 36.8 Å². The van der Waals surface area contributed by atoms with Crippen LogP contribution in [0.1, 0.15) is 41.7 Å². The maximum atomic E-state index is 4.48. The molecular formula is C14H21N5. The Morgan fingerprint density at radius 3 is 2.95 bits per heavy atom. The van der Waals surface area contributed by atoms with Crippen LogP contribution in [0, 0.1) is 13.8 Å². The Hall–Kier alpha value is -1.62. The molecule has 1 unspecified atom stereocenters. The number of piperidine rings is 1. The molecule has 1 atom stereocenters. The third kappa shape index (κ3) is 2.71. The second kappa shape index (κ2) is 5.17. The zero-order valence-electron chi connectivity index (χ0n) is 11.6. The number of nitrogens with zero attached hydrogens (tertiary/aromatic N) is 3. The first-order chi connectivity index (χ1) is 9.22. The lowest BCUT2D eigenvalue weighted by atomic mass is 9.97. The van der Waals surface area contributed by atoms with Crippen molar-refractivity contribution in [3.8, 4) is 0 Å². The molecule has 2 aromatic rings. The largest absolute Gasteiger partial charge is 0.348 e. The molecule has 0 spiro atoms. The molecule has 1 aliphatic heterocycles. The van der Waals surface area contributed by atoms with E-state index in [1.165, 1.54) is 18.5 Å². The van der Waals surface area contributed by atoms with E-state index in [2.05, 4.69) is 38.7 Å². The highest BCUT2D eigenvalue weighted by Crippen LogP contribution is 2.25. The summed E-state index contributed by atoms with van der Waals surface area (Å²) in [5.41, 5.74) is 3.49. The zero-order chi connectivity index (χ0) is 13.2. The monoisotopic (exact) mass is 259 g/mol. The minimum Gasteiger partial charge on any atom is -0.348 e. The molecule has 0 bridgehead atoms. The molecule has 5 nitrogen and oxygen atoms in total. The third-order valence-corrected chi connectivity index (χ3v) is 3.92. The normalized spacial score (nSPS) is 20.8. The predicted molar refractivity (Wildman–Crippen MR) is 73.9 cm³/mol. The van der Waals surface area contributed by atoms with Crippen LogP contribution in [0.25, 0.3) is 0 Å². The zero-order valence-corrected chi connectivity index (χ0v) is 11.6. The lowest BCUT2D eigenvalue weighted by Gasteiger charge is -2.31. The van der Waals surface area contributed by atoms with Crippen LogP contribution in [-0.2, 0) is 6.54 Å². The SMILES string of the molecule is Cc1cnc(C2CCCN(Cc3nc[nH]c3C)C2)[nH]1. The van der Waals surface area contributed by atoms with Crippen LogP contribution in [0.4, 0.5) is 0 Å². The van der Waals surface area contributed by atoms with Gasteiger partial charge in [-0.2, -0.15) is 0 Å². The summed E-state index contributed by atoms with van der Waals surface area (Å²) in [6.45, 7) is 7.30. The first-order valence-electron chi connectivity index (χ1n) is 6.95. The van der Waals surface area contributed by atoms with E-state index in [1.54, 1.807) is 6.33 Å². The van der Waals surface area contributed by atoms with Crippen molar-refractivity contribution in [3.63, 3.8) is 0 Å². The van der Waals surface area contributed by atoms with Gasteiger partial charge in [0.1, 0.15) is 5.82 Å². The summed E-state index contributed by atoms with van der Waals surface area (Å²) in [4.78, 5) is 17.9. The summed E-state index contributed by atoms with van der Waals surface area (Å²) in [5, 5.41) is 0. The van der Waals surface area contributed by atoms with Crippen LogP contribution in [0.2, 0.25) is 0 Å². The number of likely N-dealkylation sites (tertiary alicyclic amines) is 1. The summed E-state index contributed by atoms with van der Waals surface area (Å²) in [6.07, 6.45) is 6.16. The van der Waals surface area contributed by atoms with E-state index in [4.69, 9.17) is 0 Å². The Morgan fingerprint density at radius 2 is 2.26 bits per heavy atom. The first-order valence-corrected chi connectivity index (χ1v) is 6.95. The van der Waals surface area contributed by atoms with E-state index in [1.807, 2.05) is 6.20 Å². The quantitative estimate of drug-likeness (QED) is 0.887. The minimum absolute atomic E-state index is 0.529. The highest BCUT2D eigenvalue weighted by atomic mass is 15.1. The van der Waals surface area contributed by atoms with Gasteiger partial charge in [-0.3, -0.25) is 4.90 Å². The molecule has 0 aliphatic carbocycles. The van der Waals surface area contributed by atoms with Crippen LogP contribution in [-0.4, -0.2) is 37.9 Å². The molecular weight excluding hydrogens is 238 g/mol. The number of aryl methyl sites for hydroxylation is 2. The standard InChI is InChI=1S/C14H21N5/c1-10-6-15-14(18-10)12-4-3-5-19(7-12)8-13-11(2)16-9-17-13/h6,9,12H,3-5,7-8H2,1-2H3,(H,15,18)(H,16,17). The van der Waals surface area contributed by atoms with Gasteiger partial charge in [-0.25, -0.2) is 9.97 Å². The molecule has 0 amide bonds. The maximum Gasteiger partial charge on any atom is 0.110 e. The number of aromatic nitrogens is 4. The lowest BCUT2D eigenvalue weighted by Crippen LogP contribution is -2.34. The average Bonchev–Trinajstić information content (AvgIpc) is 3.00. The second-order valence-electron chi connectivity index (χ2n) is 5.50. The summed E-state index contributed by atoms with van der Waals surface area (Å²) in [7, 11) is 0. The number of rotatable bonds is 3. The molecule has 2 N–H and O–H groups in total. The molecule has 3 heterocycles. The second-order valence-corrected chi connectivity index (χ2v) is 5.50. The molecule has 1 aliphatic rings. The Labute approximate surface area is 113 Å². The molecule has 0 radical (unpaired) electrons. The number of H-pyrrole nitrogens is 2. The van der Waals surface area contributed by atoms with Crippen LogP contribution in [0.3, 0.4) is 0 Å². The van der Waals surface area contributed by atoms with Gasteiger partial charge in [-0.1, -0.05) is 0 Å². The van der Waals surface area contributed by atoms with Gasteiger partial charge >= 0.3 is 0 Å². The van der Waals surface area contributed by atoms with E-state index >= 15 is 0 Å². The topological polar surface area (TPSA) is 60.6 Å². The summed E-state index contributed by atoms with van der Waals surface area (Å²) >= 11 is 0. The Kier molecular flexibility index (Phi) is 3.38. The van der Waals surface area contributed by atoms with E-state index < -0.39 is 0 Å². The predicted octanol–water partition coefficient (Wildman–Crippen LogP) is 2.13. The van der Waals surface area contributed by atoms with E-state index in [0.29, 0.717) is 5.92 Å². The number of imidazole rings is 2. The molecule has 0 saturated carbocycles. The van der Waals surface area contributed by atoms with Gasteiger partial charge in [0.2, 0.25) is 0 Å². The van der Waals surface area contributed by atoms with Crippen LogP contribution in [0.5, 0.6) is 0 Å². The third-order valence-electron chi connectivity index (χ3n) is 3.92. The lowest BCUT2D eigenvalue weighted by molar-refractivity contribution is 0.195. The number of hydrogen-bond acceptors (Lipinski definition) is 3. The van der Waals surface area contributed by atoms with Gasteiger partial charge < -0.3 is 9.97 Å². The van der Waals surface area contributed by atoms with Gasteiger partial charge in [-0.05, 0) is 33.2 Å². The highest BCUT2D eigenvalue weighted by molar-refractivity contribution is 5.10. The summed E-state index contributed by atoms with van der Waals surface area (Å²) in [5.74, 6) is 1.67. The van der Waals surface area contributed by atoms with Gasteiger partial charge in [-0.15, -0.1) is 0 Å². The number of nitrogens with one attached hydrogen (secondary N) is 2. The van der Waals surface area contributed by atoms with Crippen molar-refractivity contribution in [1.29, 1.82) is 0 Å². The maximum absolute atomic E-state index is 4.48. The van der Waals surface area contributed by atoms with Crippen molar-refractivity contribution in [2.45, 2.75) is 39.2 Å².